The second-order valence-electron chi connectivity index (χ2n) is 8.67. The number of amides is 1. The highest BCUT2D eigenvalue weighted by Gasteiger charge is 2.38. The van der Waals surface area contributed by atoms with Crippen molar-refractivity contribution in [3.05, 3.63) is 59.6 Å². The van der Waals surface area contributed by atoms with Crippen LogP contribution in [0.3, 0.4) is 0 Å². The first-order valence-corrected chi connectivity index (χ1v) is 11.5. The molecule has 4 aromatic rings. The maximum atomic E-state index is 14.9. The Balaban J connectivity index is 1.70. The maximum Gasteiger partial charge on any atom is 0.435 e. The van der Waals surface area contributed by atoms with Crippen LogP contribution in [0.4, 0.5) is 37.8 Å². The van der Waals surface area contributed by atoms with E-state index in [1.54, 1.807) is 13.8 Å². The smallest absolute Gasteiger partial charge is 0.349 e. The van der Waals surface area contributed by atoms with E-state index in [-0.39, 0.29) is 34.5 Å². The molecule has 0 bridgehead atoms. The first-order valence-electron chi connectivity index (χ1n) is 11.5. The molecule has 0 saturated carbocycles. The number of nitrogens with one attached hydrogen (secondary N) is 2. The number of rotatable bonds is 8. The highest BCUT2D eigenvalue weighted by Crippen LogP contribution is 2.37. The number of nitrogens with zero attached hydrogens (tertiary/aromatic N) is 5. The van der Waals surface area contributed by atoms with Gasteiger partial charge in [-0.2, -0.15) is 18.3 Å². The predicted molar refractivity (Wildman–Crippen MR) is 127 cm³/mol. The SMILES string of the molecule is CCC(C)NC(=O)c1c(C)cc(Nc2nccn3c(-c4cn(CC(F)F)nc4C(F)(F)F)cnc23)cc1F. The highest BCUT2D eigenvalue weighted by molar-refractivity contribution is 5.96. The van der Waals surface area contributed by atoms with Crippen LogP contribution in [0.2, 0.25) is 0 Å². The number of aryl methyl sites for hydroxylation is 1. The van der Waals surface area contributed by atoms with Crippen LogP contribution < -0.4 is 10.6 Å². The van der Waals surface area contributed by atoms with Crippen LogP contribution in [0.25, 0.3) is 16.9 Å². The second-order valence-corrected chi connectivity index (χ2v) is 8.67. The molecule has 0 aliphatic heterocycles. The molecular weight excluding hydrogens is 516 g/mol. The van der Waals surface area contributed by atoms with Crippen LogP contribution in [-0.2, 0) is 12.7 Å². The van der Waals surface area contributed by atoms with E-state index in [4.69, 9.17) is 0 Å². The summed E-state index contributed by atoms with van der Waals surface area (Å²) in [5.74, 6) is -1.24. The first kappa shape index (κ1) is 26.9. The van der Waals surface area contributed by atoms with Gasteiger partial charge >= 0.3 is 6.18 Å². The molecule has 3 heterocycles. The Labute approximate surface area is 212 Å². The van der Waals surface area contributed by atoms with Crippen LogP contribution in [-0.4, -0.2) is 42.5 Å². The Bertz CT molecular complexity index is 1450. The summed E-state index contributed by atoms with van der Waals surface area (Å²) in [4.78, 5) is 20.8. The summed E-state index contributed by atoms with van der Waals surface area (Å²) >= 11 is 0. The molecule has 38 heavy (non-hydrogen) atoms. The number of benzene rings is 1. The summed E-state index contributed by atoms with van der Waals surface area (Å²) in [7, 11) is 0. The average molecular weight is 539 g/mol. The summed E-state index contributed by atoms with van der Waals surface area (Å²) in [5, 5.41) is 8.90. The van der Waals surface area contributed by atoms with Crippen LogP contribution in [0.5, 0.6) is 0 Å². The van der Waals surface area contributed by atoms with Gasteiger partial charge in [-0.15, -0.1) is 0 Å². The maximum absolute atomic E-state index is 14.9. The third-order valence-corrected chi connectivity index (χ3v) is 5.83. The second kappa shape index (κ2) is 10.3. The zero-order valence-electron chi connectivity index (χ0n) is 20.4. The van der Waals surface area contributed by atoms with Crippen molar-refractivity contribution in [2.24, 2.45) is 0 Å². The Hall–Kier alpha value is -4.10. The van der Waals surface area contributed by atoms with Crippen LogP contribution in [0.15, 0.2) is 36.9 Å². The summed E-state index contributed by atoms with van der Waals surface area (Å²) < 4.78 is 83.2. The van der Waals surface area contributed by atoms with Gasteiger partial charge in [-0.25, -0.2) is 23.1 Å². The molecule has 1 unspecified atom stereocenters. The average Bonchev–Trinajstić information content (AvgIpc) is 3.42. The minimum Gasteiger partial charge on any atom is -0.349 e. The molecule has 1 aromatic carbocycles. The minimum absolute atomic E-state index is 0.0577. The summed E-state index contributed by atoms with van der Waals surface area (Å²) in [6.07, 6.45) is -2.48. The fourth-order valence-corrected chi connectivity index (χ4v) is 3.90. The van der Waals surface area contributed by atoms with Gasteiger partial charge in [0.05, 0.1) is 23.0 Å². The lowest BCUT2D eigenvalue weighted by Crippen LogP contribution is -2.33. The van der Waals surface area contributed by atoms with E-state index in [0.29, 0.717) is 16.7 Å². The van der Waals surface area contributed by atoms with Crippen molar-refractivity contribution in [1.29, 1.82) is 0 Å². The number of halogens is 6. The number of hydrogen-bond acceptors (Lipinski definition) is 5. The normalized spacial score (nSPS) is 12.8. The Morgan fingerprint density at radius 3 is 2.55 bits per heavy atom. The van der Waals surface area contributed by atoms with Gasteiger partial charge in [0.2, 0.25) is 0 Å². The lowest BCUT2D eigenvalue weighted by molar-refractivity contribution is -0.141. The standard InChI is InChI=1S/C24H23F6N7O/c1-4-13(3)33-23(38)19-12(2)7-14(8-16(19)25)34-21-22-32-9-17(37(22)6-5-31-21)15-10-36(11-18(26)27)35-20(15)24(28,29)30/h5-10,13,18H,4,11H2,1-3H3,(H,31,34)(H,33,38). The number of fused-ring (bicyclic) bond motifs is 1. The van der Waals surface area contributed by atoms with E-state index in [1.807, 2.05) is 6.92 Å². The van der Waals surface area contributed by atoms with Gasteiger partial charge in [0.25, 0.3) is 12.3 Å². The summed E-state index contributed by atoms with van der Waals surface area (Å²) in [6, 6.07) is 2.49. The fourth-order valence-electron chi connectivity index (χ4n) is 3.90. The highest BCUT2D eigenvalue weighted by atomic mass is 19.4. The van der Waals surface area contributed by atoms with Gasteiger partial charge in [0, 0.05) is 30.3 Å². The molecule has 0 fully saturated rings. The zero-order valence-corrected chi connectivity index (χ0v) is 20.4. The molecule has 1 atom stereocenters. The summed E-state index contributed by atoms with van der Waals surface area (Å²) in [5.41, 5.74) is -1.27. The van der Waals surface area contributed by atoms with Crippen molar-refractivity contribution in [1.82, 2.24) is 29.5 Å². The van der Waals surface area contributed by atoms with Gasteiger partial charge in [-0.05, 0) is 38.0 Å². The number of aromatic nitrogens is 5. The Kier molecular flexibility index (Phi) is 7.33. The van der Waals surface area contributed by atoms with Crippen LogP contribution >= 0.6 is 0 Å². The lowest BCUT2D eigenvalue weighted by Gasteiger charge is -2.15. The molecule has 202 valence electrons. The van der Waals surface area contributed by atoms with Gasteiger partial charge in [-0.3, -0.25) is 13.9 Å². The van der Waals surface area contributed by atoms with E-state index >= 15 is 0 Å². The molecule has 14 heteroatoms. The predicted octanol–water partition coefficient (Wildman–Crippen LogP) is 5.60. The molecule has 4 rings (SSSR count). The minimum atomic E-state index is -4.90. The number of imidazole rings is 1. The topological polar surface area (TPSA) is 89.1 Å². The molecule has 0 saturated heterocycles. The largest absolute Gasteiger partial charge is 0.435 e. The summed E-state index contributed by atoms with van der Waals surface area (Å²) in [6.45, 7) is 4.24. The number of carbonyl (C=O) groups is 1. The fraction of sp³-hybridized carbons (Fsp3) is 0.333. The lowest BCUT2D eigenvalue weighted by atomic mass is 10.1. The molecule has 0 aliphatic carbocycles. The van der Waals surface area contributed by atoms with E-state index < -0.39 is 42.1 Å². The third kappa shape index (κ3) is 5.43. The number of alkyl halides is 5. The number of carbonyl (C=O) groups excluding carboxylic acids is 1. The van der Waals surface area contributed by atoms with Crippen molar-refractivity contribution >= 4 is 23.1 Å². The first-order chi connectivity index (χ1) is 17.9. The quantitative estimate of drug-likeness (QED) is 0.285. The molecule has 8 nitrogen and oxygen atoms in total. The number of anilines is 2. The van der Waals surface area contributed by atoms with Gasteiger partial charge < -0.3 is 10.6 Å². The van der Waals surface area contributed by atoms with Crippen molar-refractivity contribution in [3.8, 4) is 11.3 Å². The Morgan fingerprint density at radius 1 is 1.18 bits per heavy atom. The van der Waals surface area contributed by atoms with Crippen LogP contribution in [0.1, 0.15) is 41.9 Å². The molecule has 0 spiro atoms. The zero-order chi connectivity index (χ0) is 27.8. The van der Waals surface area contributed by atoms with E-state index in [1.165, 1.54) is 22.9 Å². The third-order valence-electron chi connectivity index (χ3n) is 5.83. The molecule has 1 amide bonds. The van der Waals surface area contributed by atoms with Crippen molar-refractivity contribution in [2.75, 3.05) is 5.32 Å². The van der Waals surface area contributed by atoms with E-state index in [9.17, 15) is 31.1 Å². The molecular formula is C24H23F6N7O. The van der Waals surface area contributed by atoms with E-state index in [2.05, 4.69) is 25.7 Å². The van der Waals surface area contributed by atoms with E-state index in [0.717, 1.165) is 18.5 Å². The Morgan fingerprint density at radius 2 is 1.92 bits per heavy atom. The van der Waals surface area contributed by atoms with Gasteiger partial charge in [-0.1, -0.05) is 6.92 Å². The van der Waals surface area contributed by atoms with Crippen molar-refractivity contribution in [2.45, 2.75) is 52.4 Å². The van der Waals surface area contributed by atoms with Gasteiger partial charge in [0.1, 0.15) is 12.4 Å². The van der Waals surface area contributed by atoms with Gasteiger partial charge in [0.15, 0.2) is 17.2 Å². The molecule has 3 aromatic heterocycles. The molecule has 0 aliphatic rings. The van der Waals surface area contributed by atoms with Crippen molar-refractivity contribution < 1.29 is 31.1 Å². The monoisotopic (exact) mass is 539 g/mol. The van der Waals surface area contributed by atoms with Crippen LogP contribution in [0, 0.1) is 12.7 Å². The molecule has 0 radical (unpaired) electrons. The van der Waals surface area contributed by atoms with Crippen molar-refractivity contribution in [3.63, 3.8) is 0 Å². The molecule has 2 N–H and O–H groups in total. The number of hydrogen-bond donors (Lipinski definition) is 2.